The summed E-state index contributed by atoms with van der Waals surface area (Å²) in [5.74, 6) is -0.0450. The van der Waals surface area contributed by atoms with E-state index in [1.807, 2.05) is 0 Å². The van der Waals surface area contributed by atoms with Crippen LogP contribution in [-0.4, -0.2) is 11.1 Å². The minimum absolute atomic E-state index is 0.0450. The highest BCUT2D eigenvalue weighted by atomic mass is 79.9. The molecule has 3 aromatic carbocycles. The van der Waals surface area contributed by atoms with E-state index in [0.29, 0.717) is 25.7 Å². The van der Waals surface area contributed by atoms with Crippen LogP contribution in [0.15, 0.2) is 30.3 Å². The molecule has 0 N–H and O–H groups in total. The topological polar surface area (TPSA) is 17.1 Å². The predicted octanol–water partition coefficient (Wildman–Crippen LogP) is 7.18. The molecule has 112 valence electrons. The van der Waals surface area contributed by atoms with E-state index in [4.69, 9.17) is 46.4 Å². The van der Waals surface area contributed by atoms with Gasteiger partial charge in [-0.25, -0.2) is 0 Å². The van der Waals surface area contributed by atoms with Gasteiger partial charge in [0.15, 0.2) is 5.78 Å². The number of hydrogen-bond acceptors (Lipinski definition) is 1. The van der Waals surface area contributed by atoms with Crippen molar-refractivity contribution in [2.75, 3.05) is 5.33 Å². The Balaban J connectivity index is 2.55. The highest BCUT2D eigenvalue weighted by molar-refractivity contribution is 9.09. The van der Waals surface area contributed by atoms with Gasteiger partial charge in [0.2, 0.25) is 0 Å². The van der Waals surface area contributed by atoms with Crippen molar-refractivity contribution >= 4 is 89.7 Å². The zero-order valence-corrected chi connectivity index (χ0v) is 15.5. The van der Waals surface area contributed by atoms with Crippen LogP contribution in [-0.2, 0) is 0 Å². The quantitative estimate of drug-likeness (QED) is 0.236. The first-order valence-corrected chi connectivity index (χ1v) is 8.85. The molecule has 0 aliphatic carbocycles. The molecular formula is C16H7BrCl4O. The molecule has 0 aliphatic rings. The van der Waals surface area contributed by atoms with Gasteiger partial charge in [-0.05, 0) is 51.9 Å². The normalized spacial score (nSPS) is 11.3. The third-order valence-electron chi connectivity index (χ3n) is 3.45. The lowest BCUT2D eigenvalue weighted by Crippen LogP contribution is -2.01. The first kappa shape index (κ1) is 16.4. The van der Waals surface area contributed by atoms with Gasteiger partial charge in [-0.15, -0.1) is 0 Å². The zero-order valence-electron chi connectivity index (χ0n) is 10.9. The molecule has 0 saturated heterocycles. The van der Waals surface area contributed by atoms with Crippen molar-refractivity contribution in [2.24, 2.45) is 0 Å². The number of Topliss-reactive ketones (excluding diaryl/α,β-unsaturated/α-hetero) is 1. The summed E-state index contributed by atoms with van der Waals surface area (Å²) in [5.41, 5.74) is 0.566. The van der Waals surface area contributed by atoms with Crippen LogP contribution in [0.5, 0.6) is 0 Å². The second kappa shape index (κ2) is 6.18. The van der Waals surface area contributed by atoms with Gasteiger partial charge in [-0.1, -0.05) is 62.3 Å². The van der Waals surface area contributed by atoms with E-state index in [2.05, 4.69) is 15.9 Å². The molecule has 6 heteroatoms. The maximum Gasteiger partial charge on any atom is 0.174 e. The highest BCUT2D eigenvalue weighted by Gasteiger charge is 2.15. The summed E-state index contributed by atoms with van der Waals surface area (Å²) in [6, 6.07) is 8.77. The third-order valence-corrected chi connectivity index (χ3v) is 5.41. The van der Waals surface area contributed by atoms with Crippen molar-refractivity contribution in [3.63, 3.8) is 0 Å². The number of carbonyl (C=O) groups excluding carboxylic acids is 1. The van der Waals surface area contributed by atoms with Gasteiger partial charge in [0, 0.05) is 5.56 Å². The molecule has 0 aliphatic heterocycles. The molecule has 0 atom stereocenters. The van der Waals surface area contributed by atoms with E-state index >= 15 is 0 Å². The second-order valence-corrected chi connectivity index (χ2v) is 6.97. The van der Waals surface area contributed by atoms with Crippen molar-refractivity contribution in [3.8, 4) is 0 Å². The van der Waals surface area contributed by atoms with Crippen LogP contribution >= 0.6 is 62.3 Å². The van der Waals surface area contributed by atoms with Gasteiger partial charge in [0.05, 0.1) is 25.4 Å². The van der Waals surface area contributed by atoms with Crippen molar-refractivity contribution < 1.29 is 4.79 Å². The van der Waals surface area contributed by atoms with Gasteiger partial charge < -0.3 is 0 Å². The van der Waals surface area contributed by atoms with Crippen LogP contribution in [0.4, 0.5) is 0 Å². The van der Waals surface area contributed by atoms with E-state index < -0.39 is 0 Å². The summed E-state index contributed by atoms with van der Waals surface area (Å²) >= 11 is 27.7. The average molecular weight is 437 g/mol. The first-order chi connectivity index (χ1) is 10.4. The zero-order chi connectivity index (χ0) is 16.0. The number of hydrogen-bond donors (Lipinski definition) is 0. The minimum atomic E-state index is -0.0450. The molecule has 0 saturated carbocycles. The fourth-order valence-corrected chi connectivity index (χ4v) is 3.41. The van der Waals surface area contributed by atoms with E-state index in [1.54, 1.807) is 30.3 Å². The Hall–Kier alpha value is -0.510. The molecule has 0 heterocycles. The lowest BCUT2D eigenvalue weighted by atomic mass is 9.95. The van der Waals surface area contributed by atoms with E-state index in [0.717, 1.165) is 21.5 Å². The third kappa shape index (κ3) is 2.72. The van der Waals surface area contributed by atoms with Gasteiger partial charge in [-0.2, -0.15) is 0 Å². The van der Waals surface area contributed by atoms with Crippen LogP contribution in [0.3, 0.4) is 0 Å². The highest BCUT2D eigenvalue weighted by Crippen LogP contribution is 2.38. The SMILES string of the molecule is O=C(CBr)c1cc2cc(Cl)c(Cl)cc2c2cc(Cl)c(Cl)cc12. The molecule has 3 rings (SSSR count). The Morgan fingerprint density at radius 3 is 1.86 bits per heavy atom. The summed E-state index contributed by atoms with van der Waals surface area (Å²) in [7, 11) is 0. The Morgan fingerprint density at radius 1 is 0.773 bits per heavy atom. The van der Waals surface area contributed by atoms with E-state index in [-0.39, 0.29) is 11.1 Å². The maximum atomic E-state index is 12.2. The number of carbonyl (C=O) groups is 1. The molecule has 0 unspecified atom stereocenters. The van der Waals surface area contributed by atoms with Gasteiger partial charge in [-0.3, -0.25) is 4.79 Å². The van der Waals surface area contributed by atoms with Gasteiger partial charge in [0.1, 0.15) is 0 Å². The number of fused-ring (bicyclic) bond motifs is 3. The lowest BCUT2D eigenvalue weighted by molar-refractivity contribution is 0.102. The number of alkyl halides is 1. The summed E-state index contributed by atoms with van der Waals surface area (Å²) in [5, 5.41) is 5.17. The summed E-state index contributed by atoms with van der Waals surface area (Å²) in [6.45, 7) is 0. The molecular weight excluding hydrogens is 430 g/mol. The molecule has 0 radical (unpaired) electrons. The van der Waals surface area contributed by atoms with Gasteiger partial charge in [0.25, 0.3) is 0 Å². The number of ketones is 1. The van der Waals surface area contributed by atoms with Crippen molar-refractivity contribution in [3.05, 3.63) is 56.0 Å². The lowest BCUT2D eigenvalue weighted by Gasteiger charge is -2.11. The summed E-state index contributed by atoms with van der Waals surface area (Å²) in [4.78, 5) is 12.2. The fourth-order valence-electron chi connectivity index (χ4n) is 2.44. The van der Waals surface area contributed by atoms with Crippen molar-refractivity contribution in [1.82, 2.24) is 0 Å². The Bertz CT molecular complexity index is 937. The molecule has 0 amide bonds. The standard InChI is InChI=1S/C16H7BrCl4O/c17-6-16(22)11-1-7-2-12(18)13(19)3-8(7)9-4-14(20)15(21)5-10(9)11/h1-5H,6H2. The van der Waals surface area contributed by atoms with Crippen molar-refractivity contribution in [2.45, 2.75) is 0 Å². The van der Waals surface area contributed by atoms with Crippen LogP contribution in [0.25, 0.3) is 21.5 Å². The maximum absolute atomic E-state index is 12.2. The van der Waals surface area contributed by atoms with E-state index in [9.17, 15) is 4.79 Å². The van der Waals surface area contributed by atoms with Crippen molar-refractivity contribution in [1.29, 1.82) is 0 Å². The van der Waals surface area contributed by atoms with Crippen LogP contribution in [0.1, 0.15) is 10.4 Å². The Morgan fingerprint density at radius 2 is 1.27 bits per heavy atom. The number of rotatable bonds is 2. The molecule has 3 aromatic rings. The second-order valence-electron chi connectivity index (χ2n) is 4.78. The first-order valence-electron chi connectivity index (χ1n) is 6.22. The van der Waals surface area contributed by atoms with Crippen LogP contribution in [0.2, 0.25) is 20.1 Å². The average Bonchev–Trinajstić information content (AvgIpc) is 2.49. The Labute approximate surface area is 155 Å². The van der Waals surface area contributed by atoms with Crippen LogP contribution in [0, 0.1) is 0 Å². The smallest absolute Gasteiger partial charge is 0.174 e. The fraction of sp³-hybridized carbons (Fsp3) is 0.0625. The van der Waals surface area contributed by atoms with Crippen LogP contribution < -0.4 is 0 Å². The van der Waals surface area contributed by atoms with Gasteiger partial charge >= 0.3 is 0 Å². The minimum Gasteiger partial charge on any atom is -0.293 e. The molecule has 0 aromatic heterocycles. The molecule has 22 heavy (non-hydrogen) atoms. The molecule has 1 nitrogen and oxygen atoms in total. The molecule has 0 spiro atoms. The number of benzene rings is 3. The largest absolute Gasteiger partial charge is 0.293 e. The predicted molar refractivity (Wildman–Crippen MR) is 99.6 cm³/mol. The number of halogens is 5. The Kier molecular flexibility index (Phi) is 4.59. The molecule has 0 fully saturated rings. The molecule has 0 bridgehead atoms. The summed E-state index contributed by atoms with van der Waals surface area (Å²) in [6.07, 6.45) is 0. The monoisotopic (exact) mass is 434 g/mol. The van der Waals surface area contributed by atoms with E-state index in [1.165, 1.54) is 0 Å². The summed E-state index contributed by atoms with van der Waals surface area (Å²) < 4.78 is 0.